The van der Waals surface area contributed by atoms with E-state index in [9.17, 15) is 19.8 Å². The van der Waals surface area contributed by atoms with Gasteiger partial charge < -0.3 is 19.7 Å². The Morgan fingerprint density at radius 3 is 2.84 bits per heavy atom. The second kappa shape index (κ2) is 8.59. The lowest BCUT2D eigenvalue weighted by Gasteiger charge is -2.27. The van der Waals surface area contributed by atoms with Crippen LogP contribution in [-0.2, 0) is 9.59 Å². The summed E-state index contributed by atoms with van der Waals surface area (Å²) in [6, 6.07) is 3.62. The number of phenols is 1. The average molecular weight is 399 g/mol. The summed E-state index contributed by atoms with van der Waals surface area (Å²) in [6.45, 7) is 0. The minimum absolute atomic E-state index is 0.0562. The van der Waals surface area contributed by atoms with Gasteiger partial charge in [0.1, 0.15) is 4.32 Å². The van der Waals surface area contributed by atoms with Crippen LogP contribution in [0.15, 0.2) is 23.1 Å². The molecule has 25 heavy (non-hydrogen) atoms. The summed E-state index contributed by atoms with van der Waals surface area (Å²) in [5.74, 6) is -0.964. The van der Waals surface area contributed by atoms with Crippen molar-refractivity contribution in [2.75, 3.05) is 19.1 Å². The van der Waals surface area contributed by atoms with Crippen molar-refractivity contribution in [2.45, 2.75) is 12.5 Å². The highest BCUT2D eigenvalue weighted by atomic mass is 32.2. The molecule has 0 spiro atoms. The molecular weight excluding hydrogens is 382 g/mol. The van der Waals surface area contributed by atoms with E-state index in [-0.39, 0.29) is 16.5 Å². The van der Waals surface area contributed by atoms with Crippen molar-refractivity contribution in [3.8, 4) is 11.5 Å². The lowest BCUT2D eigenvalue weighted by atomic mass is 10.1. The molecule has 1 amide bonds. The third-order valence-electron chi connectivity index (χ3n) is 3.50. The molecule has 0 aliphatic carbocycles. The number of phenolic OH excluding ortho intramolecular Hbond substituents is 1. The van der Waals surface area contributed by atoms with Gasteiger partial charge in [0.25, 0.3) is 5.91 Å². The summed E-state index contributed by atoms with van der Waals surface area (Å²) in [7, 11) is 1.44. The van der Waals surface area contributed by atoms with Crippen LogP contribution in [0.3, 0.4) is 0 Å². The number of benzene rings is 1. The van der Waals surface area contributed by atoms with E-state index in [2.05, 4.69) is 0 Å². The van der Waals surface area contributed by atoms with E-state index >= 15 is 0 Å². The summed E-state index contributed by atoms with van der Waals surface area (Å²) in [5, 5.41) is 21.2. The van der Waals surface area contributed by atoms with E-state index in [1.54, 1.807) is 18.2 Å². The van der Waals surface area contributed by atoms with Crippen molar-refractivity contribution in [1.82, 2.24) is 4.90 Å². The van der Waals surface area contributed by atoms with Gasteiger partial charge in [0.15, 0.2) is 11.5 Å². The van der Waals surface area contributed by atoms with Gasteiger partial charge in [-0.15, -0.1) is 0 Å². The highest BCUT2D eigenvalue weighted by Gasteiger charge is 2.37. The van der Waals surface area contributed by atoms with Crippen LogP contribution < -0.4 is 9.84 Å². The number of hydrogen-bond donors (Lipinski definition) is 1. The van der Waals surface area contributed by atoms with Crippen molar-refractivity contribution in [3.05, 3.63) is 28.7 Å². The van der Waals surface area contributed by atoms with Crippen LogP contribution in [0.2, 0.25) is 0 Å². The third kappa shape index (κ3) is 4.47. The molecule has 1 atom stereocenters. The largest absolute Gasteiger partial charge is 0.548 e. The molecule has 0 aromatic heterocycles. The Balaban J connectivity index is 2.27. The predicted octanol–water partition coefficient (Wildman–Crippen LogP) is 1.47. The molecule has 1 saturated heterocycles. The molecule has 1 aliphatic rings. The fraction of sp³-hybridized carbons (Fsp3) is 0.312. The maximum atomic E-state index is 12.6. The van der Waals surface area contributed by atoms with E-state index < -0.39 is 17.9 Å². The zero-order valence-electron chi connectivity index (χ0n) is 13.6. The van der Waals surface area contributed by atoms with Crippen LogP contribution in [0.5, 0.6) is 11.5 Å². The maximum Gasteiger partial charge on any atom is 0.266 e. The standard InChI is InChI=1S/C16H17NO5S3/c1-22-12-4-3-9(7-11(12)18)8-13-14(19)17(16(23)25-13)10(15(20)21)5-6-24-2/h3-4,7-8,10,18H,5-6H2,1-2H3,(H,20,21)/p-1/b13-8-/t10-/m1/s1. The normalized spacial score (nSPS) is 17.2. The van der Waals surface area contributed by atoms with Gasteiger partial charge in [-0.2, -0.15) is 11.8 Å². The summed E-state index contributed by atoms with van der Waals surface area (Å²) in [4.78, 5) is 25.4. The van der Waals surface area contributed by atoms with Gasteiger partial charge in [-0.3, -0.25) is 9.69 Å². The first kappa shape index (κ1) is 19.6. The van der Waals surface area contributed by atoms with Crippen molar-refractivity contribution >= 4 is 58.0 Å². The molecule has 0 radical (unpaired) electrons. The number of thioether (sulfide) groups is 2. The highest BCUT2D eigenvalue weighted by Crippen LogP contribution is 2.36. The van der Waals surface area contributed by atoms with E-state index in [1.807, 2.05) is 6.26 Å². The number of methoxy groups -OCH3 is 1. The van der Waals surface area contributed by atoms with E-state index in [4.69, 9.17) is 17.0 Å². The Morgan fingerprint density at radius 1 is 1.56 bits per heavy atom. The monoisotopic (exact) mass is 398 g/mol. The lowest BCUT2D eigenvalue weighted by molar-refractivity contribution is -0.310. The van der Waals surface area contributed by atoms with E-state index in [0.29, 0.717) is 22.0 Å². The molecular formula is C16H16NO5S3-. The Morgan fingerprint density at radius 2 is 2.28 bits per heavy atom. The Kier molecular flexibility index (Phi) is 6.74. The van der Waals surface area contributed by atoms with Gasteiger partial charge >= 0.3 is 0 Å². The molecule has 1 aromatic carbocycles. The molecule has 1 fully saturated rings. The zero-order valence-corrected chi connectivity index (χ0v) is 16.0. The number of carboxylic acid groups (broad SMARTS) is 1. The Hall–Kier alpha value is -1.71. The van der Waals surface area contributed by atoms with Crippen molar-refractivity contribution < 1.29 is 24.5 Å². The van der Waals surface area contributed by atoms with Crippen LogP contribution in [0, 0.1) is 0 Å². The molecule has 1 heterocycles. The highest BCUT2D eigenvalue weighted by molar-refractivity contribution is 8.26. The van der Waals surface area contributed by atoms with Crippen LogP contribution in [0.1, 0.15) is 12.0 Å². The minimum atomic E-state index is -1.33. The molecule has 0 saturated carbocycles. The molecule has 2 rings (SSSR count). The Bertz CT molecular complexity index is 734. The fourth-order valence-corrected chi connectivity index (χ4v) is 4.09. The quantitative estimate of drug-likeness (QED) is 0.546. The number of rotatable bonds is 7. The molecule has 1 N–H and O–H groups in total. The van der Waals surface area contributed by atoms with Crippen molar-refractivity contribution in [1.29, 1.82) is 0 Å². The van der Waals surface area contributed by atoms with Gasteiger partial charge in [-0.05, 0) is 42.2 Å². The number of carbonyl (C=O) groups excluding carboxylic acids is 2. The number of nitrogens with zero attached hydrogens (tertiary/aromatic N) is 1. The first-order chi connectivity index (χ1) is 11.9. The topological polar surface area (TPSA) is 89.9 Å². The third-order valence-corrected chi connectivity index (χ3v) is 5.48. The molecule has 1 aliphatic heterocycles. The van der Waals surface area contributed by atoms with Crippen molar-refractivity contribution in [2.24, 2.45) is 0 Å². The number of aliphatic carboxylic acids is 1. The molecule has 0 unspecified atom stereocenters. The second-order valence-corrected chi connectivity index (χ2v) is 7.76. The SMILES string of the molecule is COc1ccc(/C=C2\SC(=S)N([C@H](CCSC)C(=O)[O-])C2=O)cc1O. The van der Waals surface area contributed by atoms with Gasteiger partial charge in [0.05, 0.1) is 24.0 Å². The maximum absolute atomic E-state index is 12.6. The molecule has 134 valence electrons. The first-order valence-corrected chi connectivity index (χ1v) is 9.84. The van der Waals surface area contributed by atoms with Crippen molar-refractivity contribution in [3.63, 3.8) is 0 Å². The van der Waals surface area contributed by atoms with Gasteiger partial charge in [-0.25, -0.2) is 0 Å². The summed E-state index contributed by atoms with van der Waals surface area (Å²) in [6.07, 6.45) is 3.67. The minimum Gasteiger partial charge on any atom is -0.548 e. The van der Waals surface area contributed by atoms with Crippen LogP contribution in [0.25, 0.3) is 6.08 Å². The number of amides is 1. The summed E-state index contributed by atoms with van der Waals surface area (Å²) >= 11 is 7.70. The molecule has 0 bridgehead atoms. The number of aromatic hydroxyl groups is 1. The Labute approximate surface area is 159 Å². The number of carboxylic acids is 1. The van der Waals surface area contributed by atoms with Gasteiger partial charge in [0.2, 0.25) is 0 Å². The number of thiocarbonyl (C=S) groups is 1. The average Bonchev–Trinajstić information content (AvgIpc) is 2.83. The van der Waals surface area contributed by atoms with Gasteiger partial charge in [-0.1, -0.05) is 30.0 Å². The van der Waals surface area contributed by atoms with E-state index in [0.717, 1.165) is 16.7 Å². The summed E-state index contributed by atoms with van der Waals surface area (Å²) < 4.78 is 5.16. The molecule has 9 heteroatoms. The number of hydrogen-bond acceptors (Lipinski definition) is 8. The molecule has 6 nitrogen and oxygen atoms in total. The predicted molar refractivity (Wildman–Crippen MR) is 101 cm³/mol. The molecule has 1 aromatic rings. The zero-order chi connectivity index (χ0) is 18.6. The number of ether oxygens (including phenoxy) is 1. The second-order valence-electron chi connectivity index (χ2n) is 5.10. The number of carbonyl (C=O) groups is 2. The van der Waals surface area contributed by atoms with Crippen LogP contribution in [0.4, 0.5) is 0 Å². The lowest BCUT2D eigenvalue weighted by Crippen LogP contribution is -2.50. The first-order valence-electron chi connectivity index (χ1n) is 7.23. The van der Waals surface area contributed by atoms with Gasteiger partial charge in [0, 0.05) is 0 Å². The van der Waals surface area contributed by atoms with Crippen LogP contribution in [-0.4, -0.2) is 51.4 Å². The fourth-order valence-electron chi connectivity index (χ4n) is 2.28. The summed E-state index contributed by atoms with van der Waals surface area (Å²) in [5.41, 5.74) is 0.577. The van der Waals surface area contributed by atoms with E-state index in [1.165, 1.54) is 24.9 Å². The van der Waals surface area contributed by atoms with Crippen LogP contribution >= 0.6 is 35.7 Å². The smallest absolute Gasteiger partial charge is 0.266 e.